The van der Waals surface area contributed by atoms with E-state index in [4.69, 9.17) is 4.74 Å². The highest BCUT2D eigenvalue weighted by Crippen LogP contribution is 2.36. The second-order valence-electron chi connectivity index (χ2n) is 7.16. The van der Waals surface area contributed by atoms with Crippen molar-refractivity contribution in [1.82, 2.24) is 0 Å². The lowest BCUT2D eigenvalue weighted by atomic mass is 10.0. The van der Waals surface area contributed by atoms with Crippen molar-refractivity contribution in [1.29, 1.82) is 0 Å². The Kier molecular flexibility index (Phi) is 8.15. The molecule has 0 aliphatic rings. The summed E-state index contributed by atoms with van der Waals surface area (Å²) in [6.07, 6.45) is 1.83. The maximum Gasteiger partial charge on any atom is 0.341 e. The van der Waals surface area contributed by atoms with Crippen LogP contribution in [0.15, 0.2) is 53.9 Å². The Morgan fingerprint density at radius 3 is 2.55 bits per heavy atom. The van der Waals surface area contributed by atoms with Crippen molar-refractivity contribution >= 4 is 39.6 Å². The van der Waals surface area contributed by atoms with Gasteiger partial charge in [-0.25, -0.2) is 4.79 Å². The summed E-state index contributed by atoms with van der Waals surface area (Å²) in [5, 5.41) is 19.4. The molecule has 0 aliphatic carbocycles. The van der Waals surface area contributed by atoms with Gasteiger partial charge in [0.25, 0.3) is 11.6 Å². The van der Waals surface area contributed by atoms with Crippen molar-refractivity contribution in [2.24, 2.45) is 0 Å². The van der Waals surface area contributed by atoms with Crippen molar-refractivity contribution in [3.05, 3.63) is 75.2 Å². The largest absolute Gasteiger partial charge is 0.462 e. The fraction of sp³-hybridized carbons (Fsp3) is 0.250. The highest BCUT2D eigenvalue weighted by Gasteiger charge is 2.24. The number of carbonyl (C=O) groups is 2. The predicted octanol–water partition coefficient (Wildman–Crippen LogP) is 5.96. The van der Waals surface area contributed by atoms with Crippen molar-refractivity contribution in [2.75, 3.05) is 23.8 Å². The molecule has 9 heteroatoms. The average molecular weight is 468 g/mol. The number of thiophene rings is 1. The average Bonchev–Trinajstić information content (AvgIpc) is 3.23. The van der Waals surface area contributed by atoms with Crippen LogP contribution >= 0.6 is 11.3 Å². The van der Waals surface area contributed by atoms with Gasteiger partial charge in [-0.1, -0.05) is 43.7 Å². The number of nitrogens with one attached hydrogen (secondary N) is 2. The molecule has 1 amide bonds. The number of carbonyl (C=O) groups excluding carboxylic acids is 2. The molecular formula is C24H25N3O5S. The number of rotatable bonds is 10. The number of anilines is 2. The standard InChI is InChI=1S/C24H25N3O5S/c1-3-5-13-25-19-12-11-17(14-20(19)27(30)31)22(28)26-23-21(24(29)32-4-2)18(15-33-23)16-9-7-6-8-10-16/h6-12,14-15,25H,3-5,13H2,1-2H3,(H,26,28). The second kappa shape index (κ2) is 11.2. The first-order valence-electron chi connectivity index (χ1n) is 10.6. The summed E-state index contributed by atoms with van der Waals surface area (Å²) in [7, 11) is 0. The Morgan fingerprint density at radius 1 is 1.12 bits per heavy atom. The minimum Gasteiger partial charge on any atom is -0.462 e. The van der Waals surface area contributed by atoms with Crippen LogP contribution in [0.25, 0.3) is 11.1 Å². The van der Waals surface area contributed by atoms with Crippen molar-refractivity contribution in [3.8, 4) is 11.1 Å². The van der Waals surface area contributed by atoms with Crippen LogP contribution in [0.2, 0.25) is 0 Å². The lowest BCUT2D eigenvalue weighted by Gasteiger charge is -2.10. The van der Waals surface area contributed by atoms with Crippen molar-refractivity contribution in [3.63, 3.8) is 0 Å². The Labute approximate surface area is 195 Å². The highest BCUT2D eigenvalue weighted by molar-refractivity contribution is 7.15. The maximum atomic E-state index is 12.9. The first kappa shape index (κ1) is 23.9. The van der Waals surface area contributed by atoms with Crippen LogP contribution in [0.3, 0.4) is 0 Å². The second-order valence-corrected chi connectivity index (χ2v) is 8.04. The number of nitro groups is 1. The summed E-state index contributed by atoms with van der Waals surface area (Å²) < 4.78 is 5.21. The molecule has 1 heterocycles. The van der Waals surface area contributed by atoms with E-state index in [-0.39, 0.29) is 23.4 Å². The number of benzene rings is 2. The molecule has 1 aromatic heterocycles. The Hall–Kier alpha value is -3.72. The summed E-state index contributed by atoms with van der Waals surface area (Å²) in [6, 6.07) is 13.6. The van der Waals surface area contributed by atoms with E-state index in [1.165, 1.54) is 29.5 Å². The van der Waals surface area contributed by atoms with Gasteiger partial charge in [-0.2, -0.15) is 0 Å². The van der Waals surface area contributed by atoms with Crippen LogP contribution < -0.4 is 10.6 Å². The van der Waals surface area contributed by atoms with E-state index in [1.54, 1.807) is 12.3 Å². The van der Waals surface area contributed by atoms with Crippen LogP contribution in [0.4, 0.5) is 16.4 Å². The Bertz CT molecular complexity index is 1140. The molecule has 0 fully saturated rings. The molecule has 8 nitrogen and oxygen atoms in total. The molecule has 0 unspecified atom stereocenters. The number of hydrogen-bond acceptors (Lipinski definition) is 7. The van der Waals surface area contributed by atoms with Gasteiger partial charge >= 0.3 is 5.97 Å². The molecule has 0 atom stereocenters. The molecule has 172 valence electrons. The fourth-order valence-corrected chi connectivity index (χ4v) is 4.19. The van der Waals surface area contributed by atoms with E-state index in [2.05, 4.69) is 10.6 Å². The van der Waals surface area contributed by atoms with Gasteiger partial charge in [0.2, 0.25) is 0 Å². The molecule has 0 saturated carbocycles. The predicted molar refractivity (Wildman–Crippen MR) is 130 cm³/mol. The van der Waals surface area contributed by atoms with Gasteiger partial charge in [-0.15, -0.1) is 11.3 Å². The van der Waals surface area contributed by atoms with E-state index >= 15 is 0 Å². The van der Waals surface area contributed by atoms with E-state index in [0.29, 0.717) is 22.8 Å². The topological polar surface area (TPSA) is 111 Å². The molecule has 0 spiro atoms. The van der Waals surface area contributed by atoms with Crippen LogP contribution in [0.1, 0.15) is 47.4 Å². The van der Waals surface area contributed by atoms with Gasteiger partial charge in [-0.3, -0.25) is 14.9 Å². The van der Waals surface area contributed by atoms with E-state index in [1.807, 2.05) is 37.3 Å². The lowest BCUT2D eigenvalue weighted by Crippen LogP contribution is -2.15. The smallest absolute Gasteiger partial charge is 0.341 e. The van der Waals surface area contributed by atoms with Crippen molar-refractivity contribution < 1.29 is 19.2 Å². The quantitative estimate of drug-likeness (QED) is 0.165. The van der Waals surface area contributed by atoms with Gasteiger partial charge in [-0.05, 0) is 31.0 Å². The number of nitro benzene ring substituents is 1. The number of unbranched alkanes of at least 4 members (excludes halogenated alkanes) is 1. The molecular weight excluding hydrogens is 442 g/mol. The fourth-order valence-electron chi connectivity index (χ4n) is 3.23. The van der Waals surface area contributed by atoms with E-state index in [0.717, 1.165) is 18.4 Å². The zero-order valence-corrected chi connectivity index (χ0v) is 19.2. The third-order valence-corrected chi connectivity index (χ3v) is 5.78. The zero-order chi connectivity index (χ0) is 23.8. The van der Waals surface area contributed by atoms with E-state index in [9.17, 15) is 19.7 Å². The molecule has 3 aromatic rings. The molecule has 0 saturated heterocycles. The maximum absolute atomic E-state index is 12.9. The van der Waals surface area contributed by atoms with Crippen LogP contribution in [-0.4, -0.2) is 30.0 Å². The van der Waals surface area contributed by atoms with Gasteiger partial charge in [0, 0.05) is 29.1 Å². The summed E-state index contributed by atoms with van der Waals surface area (Å²) in [5.41, 5.74) is 2.02. The normalized spacial score (nSPS) is 10.5. The third kappa shape index (κ3) is 5.75. The number of esters is 1. The first-order valence-corrected chi connectivity index (χ1v) is 11.5. The molecule has 3 rings (SSSR count). The van der Waals surface area contributed by atoms with Crippen LogP contribution in [0.5, 0.6) is 0 Å². The Morgan fingerprint density at radius 2 is 1.88 bits per heavy atom. The Balaban J connectivity index is 1.91. The van der Waals surface area contributed by atoms with Gasteiger partial charge in [0.1, 0.15) is 16.3 Å². The molecule has 0 radical (unpaired) electrons. The minimum absolute atomic E-state index is 0.118. The van der Waals surface area contributed by atoms with Crippen LogP contribution in [-0.2, 0) is 4.74 Å². The monoisotopic (exact) mass is 467 g/mol. The number of amides is 1. The highest BCUT2D eigenvalue weighted by atomic mass is 32.1. The van der Waals surface area contributed by atoms with Gasteiger partial charge < -0.3 is 15.4 Å². The molecule has 0 aliphatic heterocycles. The first-order chi connectivity index (χ1) is 16.0. The summed E-state index contributed by atoms with van der Waals surface area (Å²) in [4.78, 5) is 36.6. The van der Waals surface area contributed by atoms with Gasteiger partial charge in [0.15, 0.2) is 0 Å². The third-order valence-electron chi connectivity index (χ3n) is 4.88. The SMILES string of the molecule is CCCCNc1ccc(C(=O)Nc2scc(-c3ccccc3)c2C(=O)OCC)cc1[N+](=O)[O-]. The number of nitrogens with zero attached hydrogens (tertiary/aromatic N) is 1. The minimum atomic E-state index is -0.551. The zero-order valence-electron chi connectivity index (χ0n) is 18.4. The number of ether oxygens (including phenoxy) is 1. The van der Waals surface area contributed by atoms with Crippen LogP contribution in [0, 0.1) is 10.1 Å². The van der Waals surface area contributed by atoms with Gasteiger partial charge in [0.05, 0.1) is 11.5 Å². The number of hydrogen-bond donors (Lipinski definition) is 2. The molecule has 0 bridgehead atoms. The summed E-state index contributed by atoms with van der Waals surface area (Å²) in [5.74, 6) is -1.10. The van der Waals surface area contributed by atoms with E-state index < -0.39 is 16.8 Å². The molecule has 2 N–H and O–H groups in total. The summed E-state index contributed by atoms with van der Waals surface area (Å²) in [6.45, 7) is 4.53. The van der Waals surface area contributed by atoms with Crippen molar-refractivity contribution in [2.45, 2.75) is 26.7 Å². The summed E-state index contributed by atoms with van der Waals surface area (Å²) >= 11 is 1.20. The molecule has 2 aromatic carbocycles. The molecule has 33 heavy (non-hydrogen) atoms. The lowest BCUT2D eigenvalue weighted by molar-refractivity contribution is -0.384.